The summed E-state index contributed by atoms with van der Waals surface area (Å²) >= 11 is 0. The molecular formula is C26H33N5O2. The maximum absolute atomic E-state index is 13.7. The molecule has 0 saturated heterocycles. The van der Waals surface area contributed by atoms with Gasteiger partial charge in [-0.25, -0.2) is 4.98 Å². The molecule has 0 unspecified atom stereocenters. The number of fused-ring (bicyclic) bond motifs is 1. The molecule has 0 radical (unpaired) electrons. The zero-order chi connectivity index (χ0) is 23.4. The fourth-order valence-corrected chi connectivity index (χ4v) is 4.32. The van der Waals surface area contributed by atoms with Crippen LogP contribution in [0.1, 0.15) is 23.2 Å². The Hall–Kier alpha value is -3.16. The Bertz CT molecular complexity index is 1140. The van der Waals surface area contributed by atoms with Crippen LogP contribution in [0, 0.1) is 6.92 Å². The number of rotatable bonds is 8. The molecule has 2 heterocycles. The predicted octanol–water partition coefficient (Wildman–Crippen LogP) is 3.47. The third-order valence-corrected chi connectivity index (χ3v) is 6.05. The van der Waals surface area contributed by atoms with Crippen molar-refractivity contribution in [2.75, 3.05) is 45.9 Å². The standard InChI is InChI=1S/C26H33N5O2/c1-20-22(17-21-11-6-5-7-12-21)25(32)31-19-29(16-10-15-28(2)3)18-30(26(31)27-20)23-13-8-9-14-24(23)33-4/h5-9,11-14H,10,15-19H2,1-4H3. The first-order valence-electron chi connectivity index (χ1n) is 11.4. The molecule has 4 rings (SSSR count). The van der Waals surface area contributed by atoms with Gasteiger partial charge in [-0.05, 0) is 51.7 Å². The van der Waals surface area contributed by atoms with E-state index < -0.39 is 0 Å². The van der Waals surface area contributed by atoms with Crippen molar-refractivity contribution < 1.29 is 4.74 Å². The highest BCUT2D eigenvalue weighted by Crippen LogP contribution is 2.34. The Morgan fingerprint density at radius 1 is 1.03 bits per heavy atom. The second kappa shape index (κ2) is 10.2. The molecule has 174 valence electrons. The van der Waals surface area contributed by atoms with E-state index in [0.29, 0.717) is 25.7 Å². The van der Waals surface area contributed by atoms with E-state index in [9.17, 15) is 4.79 Å². The zero-order valence-electron chi connectivity index (χ0n) is 20.0. The molecule has 7 nitrogen and oxygen atoms in total. The lowest BCUT2D eigenvalue weighted by molar-refractivity contribution is 0.188. The van der Waals surface area contributed by atoms with Gasteiger partial charge in [-0.1, -0.05) is 42.5 Å². The lowest BCUT2D eigenvalue weighted by atomic mass is 10.1. The maximum Gasteiger partial charge on any atom is 0.259 e. The van der Waals surface area contributed by atoms with E-state index in [2.05, 4.69) is 40.9 Å². The fraction of sp³-hybridized carbons (Fsp3) is 0.385. The Kier molecular flexibility index (Phi) is 7.11. The number of aromatic nitrogens is 2. The Labute approximate surface area is 195 Å². The molecule has 7 heteroatoms. The molecule has 0 saturated carbocycles. The highest BCUT2D eigenvalue weighted by Gasteiger charge is 2.29. The maximum atomic E-state index is 13.7. The number of anilines is 2. The number of hydrogen-bond donors (Lipinski definition) is 0. The van der Waals surface area contributed by atoms with Crippen LogP contribution in [-0.2, 0) is 13.1 Å². The lowest BCUT2D eigenvalue weighted by Crippen LogP contribution is -2.48. The Balaban J connectivity index is 1.76. The normalized spacial score (nSPS) is 13.9. The van der Waals surface area contributed by atoms with Crippen LogP contribution in [0.15, 0.2) is 59.4 Å². The number of hydrogen-bond acceptors (Lipinski definition) is 6. The minimum absolute atomic E-state index is 0.0264. The molecule has 0 spiro atoms. The van der Waals surface area contributed by atoms with E-state index in [-0.39, 0.29) is 5.56 Å². The zero-order valence-corrected chi connectivity index (χ0v) is 20.0. The highest BCUT2D eigenvalue weighted by atomic mass is 16.5. The van der Waals surface area contributed by atoms with Crippen LogP contribution in [0.25, 0.3) is 0 Å². The number of nitrogens with zero attached hydrogens (tertiary/aromatic N) is 5. The Morgan fingerprint density at radius 3 is 2.48 bits per heavy atom. The van der Waals surface area contributed by atoms with Crippen molar-refractivity contribution in [2.24, 2.45) is 0 Å². The second-order valence-electron chi connectivity index (χ2n) is 8.81. The number of ether oxygens (including phenoxy) is 1. The summed E-state index contributed by atoms with van der Waals surface area (Å²) in [4.78, 5) is 25.3. The van der Waals surface area contributed by atoms with Gasteiger partial charge in [-0.3, -0.25) is 19.2 Å². The minimum Gasteiger partial charge on any atom is -0.495 e. The first kappa shape index (κ1) is 23.0. The lowest BCUT2D eigenvalue weighted by Gasteiger charge is -2.39. The van der Waals surface area contributed by atoms with E-state index in [1.165, 1.54) is 0 Å². The van der Waals surface area contributed by atoms with Crippen molar-refractivity contribution in [3.63, 3.8) is 0 Å². The number of para-hydroxylation sites is 2. The first-order valence-corrected chi connectivity index (χ1v) is 11.4. The van der Waals surface area contributed by atoms with Gasteiger partial charge in [0.25, 0.3) is 5.56 Å². The van der Waals surface area contributed by atoms with E-state index in [4.69, 9.17) is 9.72 Å². The van der Waals surface area contributed by atoms with Crippen LogP contribution >= 0.6 is 0 Å². The topological polar surface area (TPSA) is 53.8 Å². The molecule has 3 aromatic rings. The van der Waals surface area contributed by atoms with E-state index in [0.717, 1.165) is 47.8 Å². The van der Waals surface area contributed by atoms with Gasteiger partial charge in [-0.15, -0.1) is 0 Å². The largest absolute Gasteiger partial charge is 0.495 e. The molecule has 1 aromatic heterocycles. The summed E-state index contributed by atoms with van der Waals surface area (Å²) in [6.07, 6.45) is 1.60. The molecule has 0 N–H and O–H groups in total. The molecule has 0 fully saturated rings. The number of methoxy groups -OCH3 is 1. The molecule has 0 aliphatic carbocycles. The summed E-state index contributed by atoms with van der Waals surface area (Å²) in [6, 6.07) is 18.0. The highest BCUT2D eigenvalue weighted by molar-refractivity contribution is 5.66. The van der Waals surface area contributed by atoms with Crippen LogP contribution in [0.5, 0.6) is 5.75 Å². The van der Waals surface area contributed by atoms with Crippen LogP contribution in [-0.4, -0.2) is 60.3 Å². The van der Waals surface area contributed by atoms with Gasteiger partial charge >= 0.3 is 0 Å². The van der Waals surface area contributed by atoms with E-state index in [1.807, 2.05) is 54.0 Å². The predicted molar refractivity (Wildman–Crippen MR) is 132 cm³/mol. The van der Waals surface area contributed by atoms with Crippen molar-refractivity contribution >= 4 is 11.6 Å². The SMILES string of the molecule is COc1ccccc1N1CN(CCCN(C)C)Cn2c1nc(C)c(Cc1ccccc1)c2=O. The van der Waals surface area contributed by atoms with Crippen molar-refractivity contribution in [3.8, 4) is 5.75 Å². The molecule has 1 aliphatic heterocycles. The van der Waals surface area contributed by atoms with Gasteiger partial charge in [0, 0.05) is 18.5 Å². The number of benzene rings is 2. The molecule has 33 heavy (non-hydrogen) atoms. The fourth-order valence-electron chi connectivity index (χ4n) is 4.32. The van der Waals surface area contributed by atoms with E-state index >= 15 is 0 Å². The third kappa shape index (κ3) is 5.10. The van der Waals surface area contributed by atoms with Crippen molar-refractivity contribution in [1.82, 2.24) is 19.4 Å². The average molecular weight is 448 g/mol. The quantitative estimate of drug-likeness (QED) is 0.527. The van der Waals surface area contributed by atoms with E-state index in [1.54, 1.807) is 7.11 Å². The smallest absolute Gasteiger partial charge is 0.259 e. The monoisotopic (exact) mass is 447 g/mol. The molecule has 2 aromatic carbocycles. The van der Waals surface area contributed by atoms with Crippen LogP contribution in [0.4, 0.5) is 11.6 Å². The second-order valence-corrected chi connectivity index (χ2v) is 8.81. The van der Waals surface area contributed by atoms with Gasteiger partial charge in [0.2, 0.25) is 5.95 Å². The van der Waals surface area contributed by atoms with Crippen LogP contribution in [0.3, 0.4) is 0 Å². The molecule has 1 aliphatic rings. The van der Waals surface area contributed by atoms with Crippen LogP contribution < -0.4 is 15.2 Å². The minimum atomic E-state index is 0.0264. The Morgan fingerprint density at radius 2 is 1.76 bits per heavy atom. The van der Waals surface area contributed by atoms with Crippen molar-refractivity contribution in [3.05, 3.63) is 81.8 Å². The molecular weight excluding hydrogens is 414 g/mol. The summed E-state index contributed by atoms with van der Waals surface area (Å²) in [5.74, 6) is 1.43. The number of aryl methyl sites for hydroxylation is 1. The summed E-state index contributed by atoms with van der Waals surface area (Å²) in [5, 5.41) is 0. The molecule has 0 atom stereocenters. The van der Waals surface area contributed by atoms with Gasteiger partial charge in [0.05, 0.1) is 31.8 Å². The van der Waals surface area contributed by atoms with Crippen molar-refractivity contribution in [2.45, 2.75) is 26.4 Å². The average Bonchev–Trinajstić information content (AvgIpc) is 2.82. The summed E-state index contributed by atoms with van der Waals surface area (Å²) in [6.45, 7) is 5.00. The first-order chi connectivity index (χ1) is 16.0. The van der Waals surface area contributed by atoms with Gasteiger partial charge in [0.1, 0.15) is 5.75 Å². The van der Waals surface area contributed by atoms with Gasteiger partial charge < -0.3 is 9.64 Å². The van der Waals surface area contributed by atoms with Crippen LogP contribution in [0.2, 0.25) is 0 Å². The summed E-state index contributed by atoms with van der Waals surface area (Å²) in [7, 11) is 5.84. The summed E-state index contributed by atoms with van der Waals surface area (Å²) < 4.78 is 7.46. The summed E-state index contributed by atoms with van der Waals surface area (Å²) in [5.41, 5.74) is 3.57. The third-order valence-electron chi connectivity index (χ3n) is 6.05. The molecule has 0 amide bonds. The molecule has 0 bridgehead atoms. The van der Waals surface area contributed by atoms with Gasteiger partial charge in [0.15, 0.2) is 0 Å². The van der Waals surface area contributed by atoms with Gasteiger partial charge in [-0.2, -0.15) is 0 Å². The van der Waals surface area contributed by atoms with Crippen molar-refractivity contribution in [1.29, 1.82) is 0 Å².